The topological polar surface area (TPSA) is 50.4 Å². The molecule has 0 bridgehead atoms. The standard InChI is InChI=1S/C20H32F3N3OS/c1-15(14-25-28(27)19(2,3)4)5-6-16-13-17(20(21,22)23)7-8-18(16)26-11-9-24-10-12-26/h7-8,13,15,24-25H,5-6,9-12,14H2,1-4H3. The molecule has 0 saturated carbocycles. The van der Waals surface area contributed by atoms with Crippen LogP contribution in [0, 0.1) is 5.92 Å². The zero-order valence-electron chi connectivity index (χ0n) is 17.2. The molecule has 8 heteroatoms. The fraction of sp³-hybridized carbons (Fsp3) is 0.700. The van der Waals surface area contributed by atoms with Crippen molar-refractivity contribution in [2.75, 3.05) is 37.6 Å². The second-order valence-electron chi connectivity index (χ2n) is 8.45. The zero-order valence-corrected chi connectivity index (χ0v) is 18.0. The molecule has 0 spiro atoms. The fourth-order valence-electron chi connectivity index (χ4n) is 3.11. The van der Waals surface area contributed by atoms with E-state index in [0.717, 1.165) is 43.9 Å². The number of nitrogens with zero attached hydrogens (tertiary/aromatic N) is 1. The maximum Gasteiger partial charge on any atom is 0.416 e. The van der Waals surface area contributed by atoms with Gasteiger partial charge in [-0.15, -0.1) is 4.72 Å². The van der Waals surface area contributed by atoms with E-state index in [1.165, 1.54) is 12.1 Å². The first kappa shape index (κ1) is 23.3. The molecular weight excluding hydrogens is 387 g/mol. The predicted molar refractivity (Wildman–Crippen MR) is 110 cm³/mol. The number of alkyl halides is 3. The van der Waals surface area contributed by atoms with Crippen LogP contribution in [0.1, 0.15) is 45.2 Å². The van der Waals surface area contributed by atoms with Gasteiger partial charge >= 0.3 is 6.18 Å². The molecule has 2 atom stereocenters. The summed E-state index contributed by atoms with van der Waals surface area (Å²) in [4.78, 5) is 2.16. The van der Waals surface area contributed by atoms with Crippen molar-refractivity contribution in [1.29, 1.82) is 0 Å². The summed E-state index contributed by atoms with van der Waals surface area (Å²) in [6.45, 7) is 11.6. The summed E-state index contributed by atoms with van der Waals surface area (Å²) in [5.74, 6) is 0.205. The van der Waals surface area contributed by atoms with Crippen molar-refractivity contribution >= 4 is 17.0 Å². The van der Waals surface area contributed by atoms with E-state index in [2.05, 4.69) is 14.9 Å². The monoisotopic (exact) mass is 419 g/mol. The summed E-state index contributed by atoms with van der Waals surface area (Å²) < 4.78 is 54.4. The third-order valence-corrected chi connectivity index (χ3v) is 6.43. The summed E-state index contributed by atoms with van der Waals surface area (Å²) in [7, 11) is 0. The van der Waals surface area contributed by atoms with Crippen molar-refractivity contribution in [3.63, 3.8) is 0 Å². The van der Waals surface area contributed by atoms with Crippen LogP contribution < -0.4 is 14.9 Å². The van der Waals surface area contributed by atoms with E-state index in [4.69, 9.17) is 0 Å². The predicted octanol–water partition coefficient (Wildman–Crippen LogP) is 3.74. The number of nitrogens with one attached hydrogen (secondary N) is 2. The van der Waals surface area contributed by atoms with E-state index in [1.54, 1.807) is 6.07 Å². The average Bonchev–Trinajstić information content (AvgIpc) is 2.63. The van der Waals surface area contributed by atoms with Gasteiger partial charge in [-0.1, -0.05) is 6.92 Å². The van der Waals surface area contributed by atoms with Gasteiger partial charge < -0.3 is 14.8 Å². The van der Waals surface area contributed by atoms with Gasteiger partial charge in [0, 0.05) is 49.8 Å². The molecule has 1 aliphatic rings. The van der Waals surface area contributed by atoms with Crippen LogP contribution in [-0.2, 0) is 24.0 Å². The first-order valence-corrected chi connectivity index (χ1v) is 10.9. The lowest BCUT2D eigenvalue weighted by Crippen LogP contribution is -2.44. The van der Waals surface area contributed by atoms with Crippen molar-refractivity contribution < 1.29 is 17.7 Å². The molecule has 0 amide bonds. The van der Waals surface area contributed by atoms with E-state index >= 15 is 0 Å². The molecule has 1 aliphatic heterocycles. The zero-order chi connectivity index (χ0) is 20.9. The van der Waals surface area contributed by atoms with Crippen molar-refractivity contribution in [2.45, 2.75) is 51.5 Å². The molecule has 160 valence electrons. The van der Waals surface area contributed by atoms with Gasteiger partial charge in [-0.3, -0.25) is 0 Å². The van der Waals surface area contributed by atoms with Crippen LogP contribution in [0.25, 0.3) is 0 Å². The first-order chi connectivity index (χ1) is 13.0. The van der Waals surface area contributed by atoms with E-state index < -0.39 is 23.1 Å². The number of halogens is 3. The molecule has 0 radical (unpaired) electrons. The SMILES string of the molecule is CC(CCc1cc(C(F)(F)F)ccc1N1CCNCC1)CN[S+]([O-])C(C)(C)C. The summed E-state index contributed by atoms with van der Waals surface area (Å²) in [6.07, 6.45) is -3.05. The highest BCUT2D eigenvalue weighted by molar-refractivity contribution is 7.90. The quantitative estimate of drug-likeness (QED) is 0.661. The molecule has 2 rings (SSSR count). The molecule has 1 heterocycles. The molecule has 4 nitrogen and oxygen atoms in total. The minimum atomic E-state index is -4.34. The number of benzene rings is 1. The number of rotatable bonds is 7. The Bertz CT molecular complexity index is 628. The second kappa shape index (κ2) is 9.69. The number of hydrogen-bond acceptors (Lipinski definition) is 4. The normalized spacial score (nSPS) is 18.2. The third kappa shape index (κ3) is 6.83. The molecule has 1 aromatic rings. The van der Waals surface area contributed by atoms with Crippen LogP contribution in [0.4, 0.5) is 18.9 Å². The van der Waals surface area contributed by atoms with Gasteiger partial charge in [0.25, 0.3) is 0 Å². The van der Waals surface area contributed by atoms with Gasteiger partial charge in [0.2, 0.25) is 0 Å². The van der Waals surface area contributed by atoms with Crippen LogP contribution >= 0.6 is 0 Å². The van der Waals surface area contributed by atoms with Gasteiger partial charge in [-0.05, 0) is 63.3 Å². The van der Waals surface area contributed by atoms with E-state index in [-0.39, 0.29) is 10.7 Å². The smallest absolute Gasteiger partial charge is 0.416 e. The van der Waals surface area contributed by atoms with Crippen molar-refractivity contribution in [1.82, 2.24) is 10.0 Å². The van der Waals surface area contributed by atoms with Crippen molar-refractivity contribution in [3.8, 4) is 0 Å². The Kier molecular flexibility index (Phi) is 8.07. The van der Waals surface area contributed by atoms with Gasteiger partial charge in [-0.25, -0.2) is 0 Å². The highest BCUT2D eigenvalue weighted by Gasteiger charge is 2.31. The molecular formula is C20H32F3N3OS. The summed E-state index contributed by atoms with van der Waals surface area (Å²) >= 11 is -1.14. The number of anilines is 1. The van der Waals surface area contributed by atoms with Crippen LogP contribution in [0.3, 0.4) is 0 Å². The van der Waals surface area contributed by atoms with E-state index in [0.29, 0.717) is 13.0 Å². The van der Waals surface area contributed by atoms with Gasteiger partial charge in [0.05, 0.1) is 5.56 Å². The third-order valence-electron chi connectivity index (χ3n) is 4.89. The lowest BCUT2D eigenvalue weighted by Gasteiger charge is -2.32. The van der Waals surface area contributed by atoms with Gasteiger partial charge in [0.15, 0.2) is 0 Å². The molecule has 1 saturated heterocycles. The Morgan fingerprint density at radius 1 is 1.21 bits per heavy atom. The van der Waals surface area contributed by atoms with Crippen LogP contribution in [0.2, 0.25) is 0 Å². The van der Waals surface area contributed by atoms with E-state index in [1.807, 2.05) is 27.7 Å². The Morgan fingerprint density at radius 3 is 2.43 bits per heavy atom. The lowest BCUT2D eigenvalue weighted by atomic mass is 9.97. The number of piperazine rings is 1. The molecule has 2 unspecified atom stereocenters. The maximum absolute atomic E-state index is 13.2. The molecule has 0 aliphatic carbocycles. The second-order valence-corrected chi connectivity index (χ2v) is 10.5. The minimum absolute atomic E-state index is 0.205. The van der Waals surface area contributed by atoms with E-state index in [9.17, 15) is 17.7 Å². The molecule has 1 fully saturated rings. The molecule has 1 aromatic carbocycles. The highest BCUT2D eigenvalue weighted by Crippen LogP contribution is 2.34. The highest BCUT2D eigenvalue weighted by atomic mass is 32.2. The van der Waals surface area contributed by atoms with Crippen LogP contribution in [0.15, 0.2) is 18.2 Å². The van der Waals surface area contributed by atoms with Crippen molar-refractivity contribution in [3.05, 3.63) is 29.3 Å². The van der Waals surface area contributed by atoms with Gasteiger partial charge in [0.1, 0.15) is 4.75 Å². The average molecular weight is 420 g/mol. The number of hydrogen-bond donors (Lipinski definition) is 2. The van der Waals surface area contributed by atoms with Crippen molar-refractivity contribution in [2.24, 2.45) is 5.92 Å². The summed E-state index contributed by atoms with van der Waals surface area (Å²) in [6, 6.07) is 4.09. The first-order valence-electron chi connectivity index (χ1n) is 9.79. The Balaban J connectivity index is 2.06. The largest absolute Gasteiger partial charge is 0.598 e. The minimum Gasteiger partial charge on any atom is -0.598 e. The Morgan fingerprint density at radius 2 is 1.86 bits per heavy atom. The Labute approximate surface area is 169 Å². The summed E-state index contributed by atoms with van der Waals surface area (Å²) in [5, 5.41) is 3.27. The van der Waals surface area contributed by atoms with Gasteiger partial charge in [-0.2, -0.15) is 13.2 Å². The molecule has 28 heavy (non-hydrogen) atoms. The Hall–Kier alpha value is -0.960. The summed E-state index contributed by atoms with van der Waals surface area (Å²) in [5.41, 5.74) is 1.04. The lowest BCUT2D eigenvalue weighted by molar-refractivity contribution is -0.137. The van der Waals surface area contributed by atoms with Crippen LogP contribution in [0.5, 0.6) is 0 Å². The fourth-order valence-corrected chi connectivity index (χ4v) is 3.98. The maximum atomic E-state index is 13.2. The number of aryl methyl sites for hydroxylation is 1. The molecule has 2 N–H and O–H groups in total. The molecule has 0 aromatic heterocycles. The van der Waals surface area contributed by atoms with Crippen LogP contribution in [-0.4, -0.2) is 42.0 Å².